The molecule has 16 heavy (non-hydrogen) atoms. The minimum atomic E-state index is -0.323. The summed E-state index contributed by atoms with van der Waals surface area (Å²) < 4.78 is 23.7. The summed E-state index contributed by atoms with van der Waals surface area (Å²) in [5.74, 6) is 1.61. The number of fused-ring (bicyclic) bond motifs is 1. The number of rotatable bonds is 3. The molecule has 88 valence electrons. The van der Waals surface area contributed by atoms with E-state index in [1.54, 1.807) is 14.2 Å². The maximum absolute atomic E-state index is 13.0. The van der Waals surface area contributed by atoms with Gasteiger partial charge in [0, 0.05) is 17.0 Å². The van der Waals surface area contributed by atoms with Gasteiger partial charge in [-0.3, -0.25) is 4.39 Å². The molecule has 1 atom stereocenters. The maximum Gasteiger partial charge on any atom is 0.122 e. The van der Waals surface area contributed by atoms with E-state index in [1.165, 1.54) is 0 Å². The van der Waals surface area contributed by atoms with Crippen molar-refractivity contribution in [3.63, 3.8) is 0 Å². The number of ether oxygens (including phenoxy) is 2. The molecule has 1 unspecified atom stereocenters. The Labute approximate surface area is 95.4 Å². The number of halogens is 1. The Kier molecular flexibility index (Phi) is 3.32. The lowest BCUT2D eigenvalue weighted by molar-refractivity contribution is 0.355. The Morgan fingerprint density at radius 2 is 1.94 bits per heavy atom. The van der Waals surface area contributed by atoms with E-state index in [4.69, 9.17) is 9.47 Å². The molecule has 0 saturated heterocycles. The normalized spacial score (nSPS) is 19.1. The fourth-order valence-electron chi connectivity index (χ4n) is 2.52. The molecular weight excluding hydrogens is 207 g/mol. The van der Waals surface area contributed by atoms with Crippen LogP contribution >= 0.6 is 0 Å². The fourth-order valence-corrected chi connectivity index (χ4v) is 2.52. The van der Waals surface area contributed by atoms with Crippen molar-refractivity contribution in [1.82, 2.24) is 0 Å². The lowest BCUT2D eigenvalue weighted by Gasteiger charge is -2.26. The lowest BCUT2D eigenvalue weighted by atomic mass is 9.82. The first-order valence-corrected chi connectivity index (χ1v) is 5.61. The van der Waals surface area contributed by atoms with Crippen molar-refractivity contribution in [2.24, 2.45) is 0 Å². The molecule has 0 bridgehead atoms. The predicted molar refractivity (Wildman–Crippen MR) is 61.2 cm³/mol. The Morgan fingerprint density at radius 3 is 2.56 bits per heavy atom. The first-order chi connectivity index (χ1) is 7.81. The Hall–Kier alpha value is -1.25. The van der Waals surface area contributed by atoms with E-state index in [1.807, 2.05) is 12.1 Å². The third-order valence-electron chi connectivity index (χ3n) is 3.29. The Balaban J connectivity index is 2.54. The van der Waals surface area contributed by atoms with Crippen molar-refractivity contribution in [3.8, 4) is 11.5 Å². The van der Waals surface area contributed by atoms with Gasteiger partial charge in [-0.2, -0.15) is 0 Å². The van der Waals surface area contributed by atoms with Crippen LogP contribution in [0.15, 0.2) is 12.1 Å². The van der Waals surface area contributed by atoms with Crippen molar-refractivity contribution in [1.29, 1.82) is 0 Å². The highest BCUT2D eigenvalue weighted by molar-refractivity contribution is 5.51. The summed E-state index contributed by atoms with van der Waals surface area (Å²) in [7, 11) is 3.28. The van der Waals surface area contributed by atoms with Crippen LogP contribution in [-0.2, 0) is 6.42 Å². The van der Waals surface area contributed by atoms with Gasteiger partial charge in [-0.05, 0) is 31.4 Å². The summed E-state index contributed by atoms with van der Waals surface area (Å²) in [4.78, 5) is 0. The highest BCUT2D eigenvalue weighted by Crippen LogP contribution is 2.42. The second kappa shape index (κ2) is 4.73. The fraction of sp³-hybridized carbons (Fsp3) is 0.538. The summed E-state index contributed by atoms with van der Waals surface area (Å²) in [5, 5.41) is 0. The molecule has 1 aliphatic carbocycles. The highest BCUT2D eigenvalue weighted by atomic mass is 19.1. The van der Waals surface area contributed by atoms with Crippen LogP contribution in [0.3, 0.4) is 0 Å². The summed E-state index contributed by atoms with van der Waals surface area (Å²) in [6.45, 7) is -0.323. The number of benzene rings is 1. The van der Waals surface area contributed by atoms with Crippen LogP contribution in [0, 0.1) is 0 Å². The van der Waals surface area contributed by atoms with Gasteiger partial charge < -0.3 is 9.47 Å². The van der Waals surface area contributed by atoms with Crippen LogP contribution in [0.4, 0.5) is 4.39 Å². The van der Waals surface area contributed by atoms with Crippen molar-refractivity contribution in [2.45, 2.75) is 25.2 Å². The molecule has 0 N–H and O–H groups in total. The third-order valence-corrected chi connectivity index (χ3v) is 3.29. The SMILES string of the molecule is COc1ccc(OC)c2c1CCCC2CF. The van der Waals surface area contributed by atoms with Crippen LogP contribution in [0.1, 0.15) is 29.9 Å². The predicted octanol–water partition coefficient (Wildman–Crippen LogP) is 3.09. The van der Waals surface area contributed by atoms with Gasteiger partial charge >= 0.3 is 0 Å². The maximum atomic E-state index is 13.0. The molecule has 0 aliphatic heterocycles. The molecule has 0 saturated carbocycles. The zero-order valence-electron chi connectivity index (χ0n) is 9.75. The average Bonchev–Trinajstić information content (AvgIpc) is 2.36. The number of alkyl halides is 1. The number of hydrogen-bond donors (Lipinski definition) is 0. The molecule has 0 radical (unpaired) electrons. The summed E-state index contributed by atoms with van der Waals surface area (Å²) >= 11 is 0. The lowest BCUT2D eigenvalue weighted by Crippen LogP contribution is -2.14. The molecular formula is C13H17FO2. The van der Waals surface area contributed by atoms with Gasteiger partial charge in [-0.25, -0.2) is 0 Å². The second-order valence-electron chi connectivity index (χ2n) is 4.11. The molecule has 2 nitrogen and oxygen atoms in total. The first-order valence-electron chi connectivity index (χ1n) is 5.61. The van der Waals surface area contributed by atoms with Crippen LogP contribution < -0.4 is 9.47 Å². The largest absolute Gasteiger partial charge is 0.496 e. The van der Waals surface area contributed by atoms with Crippen molar-refractivity contribution >= 4 is 0 Å². The van der Waals surface area contributed by atoms with Gasteiger partial charge in [0.2, 0.25) is 0 Å². The standard InChI is InChI=1S/C13H17FO2/c1-15-11-6-7-12(16-2)13-9(8-14)4-3-5-10(11)13/h6-7,9H,3-5,8H2,1-2H3. The van der Waals surface area contributed by atoms with E-state index in [9.17, 15) is 4.39 Å². The molecule has 3 heteroatoms. The first kappa shape index (κ1) is 11.2. The van der Waals surface area contributed by atoms with E-state index in [-0.39, 0.29) is 12.6 Å². The topological polar surface area (TPSA) is 18.5 Å². The van der Waals surface area contributed by atoms with Gasteiger partial charge in [0.1, 0.15) is 11.5 Å². The van der Waals surface area contributed by atoms with Gasteiger partial charge in [-0.1, -0.05) is 0 Å². The number of methoxy groups -OCH3 is 2. The zero-order chi connectivity index (χ0) is 11.5. The minimum absolute atomic E-state index is 0.0335. The average molecular weight is 224 g/mol. The summed E-state index contributed by atoms with van der Waals surface area (Å²) in [6, 6.07) is 3.77. The molecule has 1 aromatic rings. The molecule has 0 heterocycles. The third kappa shape index (κ3) is 1.75. The molecule has 2 rings (SSSR count). The Morgan fingerprint density at radius 1 is 1.25 bits per heavy atom. The molecule has 0 spiro atoms. The Bertz CT molecular complexity index is 376. The van der Waals surface area contributed by atoms with Crippen molar-refractivity contribution < 1.29 is 13.9 Å². The monoisotopic (exact) mass is 224 g/mol. The van der Waals surface area contributed by atoms with Crippen LogP contribution in [0.2, 0.25) is 0 Å². The van der Waals surface area contributed by atoms with Gasteiger partial charge in [0.15, 0.2) is 0 Å². The van der Waals surface area contributed by atoms with E-state index < -0.39 is 0 Å². The van der Waals surface area contributed by atoms with Gasteiger partial charge in [0.25, 0.3) is 0 Å². The molecule has 1 aliphatic rings. The smallest absolute Gasteiger partial charge is 0.122 e. The quantitative estimate of drug-likeness (QED) is 0.785. The van der Waals surface area contributed by atoms with E-state index in [2.05, 4.69) is 0 Å². The van der Waals surface area contributed by atoms with Crippen LogP contribution in [-0.4, -0.2) is 20.9 Å². The molecule has 0 fully saturated rings. The van der Waals surface area contributed by atoms with E-state index in [0.29, 0.717) is 0 Å². The minimum Gasteiger partial charge on any atom is -0.496 e. The van der Waals surface area contributed by atoms with Crippen LogP contribution in [0.5, 0.6) is 11.5 Å². The van der Waals surface area contributed by atoms with Crippen LogP contribution in [0.25, 0.3) is 0 Å². The highest BCUT2D eigenvalue weighted by Gasteiger charge is 2.26. The van der Waals surface area contributed by atoms with Crippen molar-refractivity contribution in [3.05, 3.63) is 23.3 Å². The van der Waals surface area contributed by atoms with Crippen molar-refractivity contribution in [2.75, 3.05) is 20.9 Å². The van der Waals surface area contributed by atoms with Gasteiger partial charge in [-0.15, -0.1) is 0 Å². The van der Waals surface area contributed by atoms with Gasteiger partial charge in [0.05, 0.1) is 20.9 Å². The zero-order valence-corrected chi connectivity index (χ0v) is 9.75. The molecule has 0 aromatic heterocycles. The van der Waals surface area contributed by atoms with E-state index in [0.717, 1.165) is 41.9 Å². The van der Waals surface area contributed by atoms with E-state index >= 15 is 0 Å². The summed E-state index contributed by atoms with van der Waals surface area (Å²) in [6.07, 6.45) is 2.87. The molecule has 0 amide bonds. The number of hydrogen-bond acceptors (Lipinski definition) is 2. The second-order valence-corrected chi connectivity index (χ2v) is 4.11. The summed E-state index contributed by atoms with van der Waals surface area (Å²) in [5.41, 5.74) is 2.13. The molecule has 1 aromatic carbocycles.